The fourth-order valence-electron chi connectivity index (χ4n) is 1.08. The zero-order chi connectivity index (χ0) is 10.5. The average Bonchev–Trinajstić information content (AvgIpc) is 2.02. The number of nitrogens with zero attached hydrogens (tertiary/aromatic N) is 1. The Morgan fingerprint density at radius 2 is 2.08 bits per heavy atom. The van der Waals surface area contributed by atoms with Gasteiger partial charge in [-0.25, -0.2) is 0 Å². The van der Waals surface area contributed by atoms with Crippen LogP contribution in [-0.4, -0.2) is 14.4 Å². The Hall–Kier alpha value is -0.593. The molecule has 3 heteroatoms. The van der Waals surface area contributed by atoms with Gasteiger partial charge in [0.1, 0.15) is 0 Å². The monoisotopic (exact) mass is 197 g/mol. The highest BCUT2D eigenvalue weighted by Crippen LogP contribution is 2.15. The molecule has 0 rings (SSSR count). The van der Waals surface area contributed by atoms with Gasteiger partial charge in [-0.3, -0.25) is 0 Å². The highest BCUT2D eigenvalue weighted by Gasteiger charge is 2.22. The summed E-state index contributed by atoms with van der Waals surface area (Å²) in [6.07, 6.45) is 2.54. The fourth-order valence-corrected chi connectivity index (χ4v) is 1.99. The molecule has 0 aromatic carbocycles. The maximum Gasteiger partial charge on any atom is 0.185 e. The molecule has 0 aromatic rings. The number of hydrogen-bond acceptors (Lipinski definition) is 2. The van der Waals surface area contributed by atoms with Crippen LogP contribution >= 0.6 is 0 Å². The predicted octanol–water partition coefficient (Wildman–Crippen LogP) is 3.09. The van der Waals surface area contributed by atoms with Gasteiger partial charge in [-0.15, -0.1) is 0 Å². The molecule has 13 heavy (non-hydrogen) atoms. The van der Waals surface area contributed by atoms with Gasteiger partial charge in [-0.2, -0.15) is 5.26 Å². The van der Waals surface area contributed by atoms with Crippen molar-refractivity contribution in [2.75, 3.05) is 0 Å². The number of rotatable bonds is 4. The highest BCUT2D eigenvalue weighted by atomic mass is 28.4. The van der Waals surface area contributed by atoms with Gasteiger partial charge in [0.2, 0.25) is 0 Å². The summed E-state index contributed by atoms with van der Waals surface area (Å²) in [5.74, 6) is 0. The van der Waals surface area contributed by atoms with E-state index < -0.39 is 8.32 Å². The molecule has 0 amide bonds. The van der Waals surface area contributed by atoms with Crippen molar-refractivity contribution in [1.82, 2.24) is 0 Å². The van der Waals surface area contributed by atoms with E-state index in [0.29, 0.717) is 0 Å². The number of hydrogen-bond donors (Lipinski definition) is 0. The molecule has 0 aliphatic heterocycles. The fraction of sp³-hybridized carbons (Fsp3) is 0.700. The molecule has 2 nitrogen and oxygen atoms in total. The lowest BCUT2D eigenvalue weighted by molar-refractivity contribution is 0.280. The predicted molar refractivity (Wildman–Crippen MR) is 57.9 cm³/mol. The molecule has 0 radical (unpaired) electrons. The standard InChI is InChI=1S/C10H19NOSi/c1-6-9(7-2)10(8-11)12-13(3,4)5/h6,10H,7H2,1-5H3/b9-6+. The van der Waals surface area contributed by atoms with Crippen LogP contribution in [0, 0.1) is 11.3 Å². The molecule has 0 spiro atoms. The van der Waals surface area contributed by atoms with E-state index in [4.69, 9.17) is 9.69 Å². The van der Waals surface area contributed by atoms with E-state index in [-0.39, 0.29) is 6.10 Å². The summed E-state index contributed by atoms with van der Waals surface area (Å²) in [7, 11) is -1.60. The molecule has 0 aromatic heterocycles. The van der Waals surface area contributed by atoms with Crippen LogP contribution in [0.25, 0.3) is 0 Å². The first-order valence-electron chi connectivity index (χ1n) is 4.67. The topological polar surface area (TPSA) is 33.0 Å². The molecule has 1 atom stereocenters. The van der Waals surface area contributed by atoms with E-state index in [1.165, 1.54) is 0 Å². The minimum absolute atomic E-state index is 0.332. The van der Waals surface area contributed by atoms with E-state index in [1.54, 1.807) is 0 Å². The third-order valence-corrected chi connectivity index (χ3v) is 2.65. The third kappa shape index (κ3) is 4.86. The average molecular weight is 197 g/mol. The Bertz CT molecular complexity index is 222. The lowest BCUT2D eigenvalue weighted by Crippen LogP contribution is -2.32. The molecule has 0 N–H and O–H groups in total. The van der Waals surface area contributed by atoms with Crippen LogP contribution in [0.1, 0.15) is 20.3 Å². The Kier molecular flexibility index (Phi) is 4.97. The summed E-state index contributed by atoms with van der Waals surface area (Å²) in [6.45, 7) is 10.3. The van der Waals surface area contributed by atoms with Crippen molar-refractivity contribution in [3.63, 3.8) is 0 Å². The van der Waals surface area contributed by atoms with Gasteiger partial charge in [-0.05, 0) is 38.6 Å². The van der Waals surface area contributed by atoms with Crippen molar-refractivity contribution in [2.24, 2.45) is 0 Å². The Morgan fingerprint density at radius 3 is 2.31 bits per heavy atom. The van der Waals surface area contributed by atoms with E-state index in [1.807, 2.05) is 19.9 Å². The molecule has 0 aliphatic carbocycles. The molecule has 0 bridgehead atoms. The summed E-state index contributed by atoms with van der Waals surface area (Å²) in [4.78, 5) is 0. The Labute approximate surface area is 82.3 Å². The van der Waals surface area contributed by atoms with Crippen LogP contribution < -0.4 is 0 Å². The van der Waals surface area contributed by atoms with Crippen LogP contribution in [0.3, 0.4) is 0 Å². The SMILES string of the molecule is C/C=C(\CC)C(C#N)O[Si](C)(C)C. The minimum atomic E-state index is -1.60. The van der Waals surface area contributed by atoms with Crippen molar-refractivity contribution in [3.8, 4) is 6.07 Å². The van der Waals surface area contributed by atoms with E-state index in [0.717, 1.165) is 12.0 Å². The number of allylic oxidation sites excluding steroid dienone is 1. The first-order chi connectivity index (χ1) is 5.94. The first kappa shape index (κ1) is 12.4. The van der Waals surface area contributed by atoms with Crippen molar-refractivity contribution >= 4 is 8.32 Å². The smallest absolute Gasteiger partial charge is 0.185 e. The van der Waals surface area contributed by atoms with Crippen molar-refractivity contribution in [3.05, 3.63) is 11.6 Å². The van der Waals surface area contributed by atoms with Gasteiger partial charge in [0.05, 0.1) is 6.07 Å². The van der Waals surface area contributed by atoms with E-state index >= 15 is 0 Å². The molecular weight excluding hydrogens is 178 g/mol. The zero-order valence-electron chi connectivity index (χ0n) is 9.22. The summed E-state index contributed by atoms with van der Waals surface area (Å²) in [5.41, 5.74) is 1.09. The molecule has 0 heterocycles. The summed E-state index contributed by atoms with van der Waals surface area (Å²) in [6, 6.07) is 2.20. The summed E-state index contributed by atoms with van der Waals surface area (Å²) < 4.78 is 5.74. The second kappa shape index (κ2) is 5.20. The second-order valence-corrected chi connectivity index (χ2v) is 8.42. The molecule has 0 fully saturated rings. The lowest BCUT2D eigenvalue weighted by Gasteiger charge is -2.22. The molecule has 74 valence electrons. The van der Waals surface area contributed by atoms with Crippen molar-refractivity contribution in [2.45, 2.75) is 46.0 Å². The molecule has 0 saturated heterocycles. The number of nitriles is 1. The van der Waals surface area contributed by atoms with Crippen molar-refractivity contribution in [1.29, 1.82) is 5.26 Å². The van der Waals surface area contributed by atoms with E-state index in [2.05, 4.69) is 25.7 Å². The normalized spacial score (nSPS) is 15.2. The molecule has 0 saturated carbocycles. The molecule has 1 unspecified atom stereocenters. The molecule has 0 aliphatic rings. The van der Waals surface area contributed by atoms with Crippen LogP contribution in [-0.2, 0) is 4.43 Å². The largest absolute Gasteiger partial charge is 0.399 e. The first-order valence-corrected chi connectivity index (χ1v) is 8.08. The zero-order valence-corrected chi connectivity index (χ0v) is 10.2. The van der Waals surface area contributed by atoms with Crippen LogP contribution in [0.2, 0.25) is 19.6 Å². The summed E-state index contributed by atoms with van der Waals surface area (Å²) >= 11 is 0. The maximum atomic E-state index is 8.93. The van der Waals surface area contributed by atoms with Gasteiger partial charge >= 0.3 is 0 Å². The van der Waals surface area contributed by atoms with Gasteiger partial charge < -0.3 is 4.43 Å². The van der Waals surface area contributed by atoms with Crippen molar-refractivity contribution < 1.29 is 4.43 Å². The minimum Gasteiger partial charge on any atom is -0.399 e. The quantitative estimate of drug-likeness (QED) is 0.512. The molecular formula is C10H19NOSi. The van der Waals surface area contributed by atoms with Crippen LogP contribution in [0.4, 0.5) is 0 Å². The van der Waals surface area contributed by atoms with Crippen LogP contribution in [0.5, 0.6) is 0 Å². The van der Waals surface area contributed by atoms with Gasteiger partial charge in [0, 0.05) is 0 Å². The van der Waals surface area contributed by atoms with Crippen LogP contribution in [0.15, 0.2) is 11.6 Å². The van der Waals surface area contributed by atoms with Gasteiger partial charge in [0.25, 0.3) is 0 Å². The third-order valence-electron chi connectivity index (χ3n) is 1.70. The summed E-state index contributed by atoms with van der Waals surface area (Å²) in [5, 5.41) is 8.93. The maximum absolute atomic E-state index is 8.93. The Balaban J connectivity index is 4.46. The Morgan fingerprint density at radius 1 is 1.54 bits per heavy atom. The van der Waals surface area contributed by atoms with E-state index in [9.17, 15) is 0 Å². The van der Waals surface area contributed by atoms with Gasteiger partial charge in [-0.1, -0.05) is 13.0 Å². The second-order valence-electron chi connectivity index (χ2n) is 3.96. The lowest BCUT2D eigenvalue weighted by atomic mass is 10.1. The highest BCUT2D eigenvalue weighted by molar-refractivity contribution is 6.69. The van der Waals surface area contributed by atoms with Gasteiger partial charge in [0.15, 0.2) is 14.4 Å².